The number of hydrogen-bond donors (Lipinski definition) is 0. The molecule has 0 amide bonds. The molecule has 0 radical (unpaired) electrons. The minimum Gasteiger partial charge on any atom is -0.374 e. The number of Topliss-reactive ketones (excluding diaryl/α,β-unsaturated/α-hetero) is 2. The number of piperidine rings is 1. The molecule has 0 bridgehead atoms. The Morgan fingerprint density at radius 1 is 1.10 bits per heavy atom. The molecule has 116 valence electrons. The summed E-state index contributed by atoms with van der Waals surface area (Å²) in [6.45, 7) is 0.887. The molecule has 3 aliphatic rings. The average Bonchev–Trinajstić information content (AvgIpc) is 2.87. The summed E-state index contributed by atoms with van der Waals surface area (Å²) < 4.78 is 38.7. The van der Waals surface area contributed by atoms with Crippen molar-refractivity contribution >= 4 is 11.6 Å². The molecule has 1 aliphatic heterocycles. The predicted octanol–water partition coefficient (Wildman–Crippen LogP) is 3.00. The van der Waals surface area contributed by atoms with Crippen LogP contribution in [0.5, 0.6) is 0 Å². The van der Waals surface area contributed by atoms with Crippen molar-refractivity contribution in [3.05, 3.63) is 11.3 Å². The highest BCUT2D eigenvalue weighted by Crippen LogP contribution is 2.59. The summed E-state index contributed by atoms with van der Waals surface area (Å²) in [5.41, 5.74) is 0.0113. The Labute approximate surface area is 121 Å². The highest BCUT2D eigenvalue weighted by Gasteiger charge is 2.56. The average molecular weight is 301 g/mol. The zero-order chi connectivity index (χ0) is 15.3. The molecule has 3 nitrogen and oxygen atoms in total. The van der Waals surface area contributed by atoms with E-state index in [-0.39, 0.29) is 11.4 Å². The van der Waals surface area contributed by atoms with E-state index in [0.717, 1.165) is 12.8 Å². The summed E-state index contributed by atoms with van der Waals surface area (Å²) in [5, 5.41) is 0. The lowest BCUT2D eigenvalue weighted by Crippen LogP contribution is -2.47. The van der Waals surface area contributed by atoms with Gasteiger partial charge in [0.1, 0.15) is 5.78 Å². The van der Waals surface area contributed by atoms with E-state index in [1.807, 2.05) is 4.90 Å². The van der Waals surface area contributed by atoms with Crippen molar-refractivity contribution in [2.75, 3.05) is 13.1 Å². The first kappa shape index (κ1) is 14.6. The van der Waals surface area contributed by atoms with E-state index in [2.05, 4.69) is 0 Å². The number of rotatable bonds is 2. The third-order valence-corrected chi connectivity index (χ3v) is 5.07. The topological polar surface area (TPSA) is 37.4 Å². The Morgan fingerprint density at radius 2 is 1.67 bits per heavy atom. The molecule has 0 aromatic carbocycles. The molecule has 1 saturated heterocycles. The molecule has 6 heteroatoms. The molecule has 1 heterocycles. The van der Waals surface area contributed by atoms with Gasteiger partial charge in [-0.2, -0.15) is 13.2 Å². The second-order valence-electron chi connectivity index (χ2n) is 6.34. The molecular formula is C15H18F3NO2. The number of carbonyl (C=O) groups excluding carboxylic acids is 2. The van der Waals surface area contributed by atoms with Crippen LogP contribution in [-0.4, -0.2) is 35.7 Å². The zero-order valence-corrected chi connectivity index (χ0v) is 11.8. The quantitative estimate of drug-likeness (QED) is 0.787. The highest BCUT2D eigenvalue weighted by molar-refractivity contribution is 6.03. The van der Waals surface area contributed by atoms with Gasteiger partial charge in [0.25, 0.3) is 5.78 Å². The summed E-state index contributed by atoms with van der Waals surface area (Å²) in [6, 6.07) is 0. The standard InChI is InChI=1S/C15H18F3NO2/c16-15(17,18)13(21)12-11(9-14(12)5-1-2-6-14)19-7-3-10(20)4-8-19/h1-9H2. The van der Waals surface area contributed by atoms with Gasteiger partial charge in [-0.1, -0.05) is 12.8 Å². The Hall–Kier alpha value is -1.33. The summed E-state index contributed by atoms with van der Waals surface area (Å²) in [7, 11) is 0. The Kier molecular flexibility index (Phi) is 3.37. The van der Waals surface area contributed by atoms with Crippen LogP contribution in [-0.2, 0) is 9.59 Å². The van der Waals surface area contributed by atoms with Gasteiger partial charge in [-0.15, -0.1) is 0 Å². The van der Waals surface area contributed by atoms with Gasteiger partial charge in [-0.25, -0.2) is 0 Å². The summed E-state index contributed by atoms with van der Waals surface area (Å²) >= 11 is 0. The van der Waals surface area contributed by atoms with Gasteiger partial charge in [0.2, 0.25) is 0 Å². The molecule has 0 unspecified atom stereocenters. The summed E-state index contributed by atoms with van der Waals surface area (Å²) in [5.74, 6) is -1.52. The van der Waals surface area contributed by atoms with Gasteiger partial charge >= 0.3 is 6.18 Å². The smallest absolute Gasteiger partial charge is 0.374 e. The number of halogens is 3. The molecule has 3 rings (SSSR count). The lowest BCUT2D eigenvalue weighted by molar-refractivity contribution is -0.169. The molecule has 1 saturated carbocycles. The number of carbonyl (C=O) groups is 2. The van der Waals surface area contributed by atoms with Crippen LogP contribution in [0.3, 0.4) is 0 Å². The van der Waals surface area contributed by atoms with E-state index in [4.69, 9.17) is 0 Å². The van der Waals surface area contributed by atoms with Crippen LogP contribution >= 0.6 is 0 Å². The normalized spacial score (nSPS) is 25.5. The first-order valence-corrected chi connectivity index (χ1v) is 7.45. The van der Waals surface area contributed by atoms with Crippen LogP contribution in [0.2, 0.25) is 0 Å². The molecule has 0 aromatic rings. The largest absolute Gasteiger partial charge is 0.454 e. The number of nitrogens with zero attached hydrogens (tertiary/aromatic N) is 1. The van der Waals surface area contributed by atoms with Gasteiger partial charge < -0.3 is 4.90 Å². The van der Waals surface area contributed by atoms with Crippen LogP contribution in [0.25, 0.3) is 0 Å². The van der Waals surface area contributed by atoms with E-state index in [9.17, 15) is 22.8 Å². The van der Waals surface area contributed by atoms with Crippen molar-refractivity contribution < 1.29 is 22.8 Å². The van der Waals surface area contributed by atoms with Gasteiger partial charge in [0.05, 0.1) is 0 Å². The van der Waals surface area contributed by atoms with Gasteiger partial charge in [-0.3, -0.25) is 9.59 Å². The molecule has 0 aromatic heterocycles. The predicted molar refractivity (Wildman–Crippen MR) is 69.4 cm³/mol. The molecule has 0 atom stereocenters. The van der Waals surface area contributed by atoms with Crippen LogP contribution in [0, 0.1) is 5.41 Å². The SMILES string of the molecule is O=C1CCN(C2=C(C(=O)C(F)(F)F)C3(CCCC3)C2)CC1. The fourth-order valence-corrected chi connectivity index (χ4v) is 3.98. The maximum atomic E-state index is 12.9. The van der Waals surface area contributed by atoms with E-state index in [0.29, 0.717) is 50.9 Å². The first-order chi connectivity index (χ1) is 9.83. The van der Waals surface area contributed by atoms with Crippen molar-refractivity contribution in [3.63, 3.8) is 0 Å². The minimum atomic E-state index is -4.80. The highest BCUT2D eigenvalue weighted by atomic mass is 19.4. The molecule has 2 fully saturated rings. The third kappa shape index (κ3) is 2.38. The van der Waals surface area contributed by atoms with E-state index >= 15 is 0 Å². The van der Waals surface area contributed by atoms with Crippen molar-refractivity contribution in [2.24, 2.45) is 5.41 Å². The summed E-state index contributed by atoms with van der Waals surface area (Å²) in [6.07, 6.45) is -0.365. The Balaban J connectivity index is 1.91. The fourth-order valence-electron chi connectivity index (χ4n) is 3.98. The number of likely N-dealkylation sites (tertiary alicyclic amines) is 1. The molecule has 1 spiro atoms. The Bertz CT molecular complexity index is 506. The first-order valence-electron chi connectivity index (χ1n) is 7.45. The second-order valence-corrected chi connectivity index (χ2v) is 6.34. The van der Waals surface area contributed by atoms with Crippen LogP contribution < -0.4 is 0 Å². The van der Waals surface area contributed by atoms with E-state index in [1.165, 1.54) is 0 Å². The molecule has 2 aliphatic carbocycles. The minimum absolute atomic E-state index is 0.00171. The lowest BCUT2D eigenvalue weighted by Gasteiger charge is -2.48. The van der Waals surface area contributed by atoms with Crippen molar-refractivity contribution in [1.82, 2.24) is 4.90 Å². The van der Waals surface area contributed by atoms with Crippen LogP contribution in [0.15, 0.2) is 11.3 Å². The second kappa shape index (κ2) is 4.85. The van der Waals surface area contributed by atoms with E-state index in [1.54, 1.807) is 0 Å². The van der Waals surface area contributed by atoms with E-state index < -0.39 is 17.4 Å². The molecule has 0 N–H and O–H groups in total. The molecular weight excluding hydrogens is 283 g/mol. The number of allylic oxidation sites excluding steroid dienone is 2. The summed E-state index contributed by atoms with van der Waals surface area (Å²) in [4.78, 5) is 24.9. The lowest BCUT2D eigenvalue weighted by atomic mass is 9.63. The van der Waals surface area contributed by atoms with Gasteiger partial charge in [0, 0.05) is 42.6 Å². The number of hydrogen-bond acceptors (Lipinski definition) is 3. The van der Waals surface area contributed by atoms with Crippen LogP contribution in [0.1, 0.15) is 44.9 Å². The van der Waals surface area contributed by atoms with Crippen LogP contribution in [0.4, 0.5) is 13.2 Å². The van der Waals surface area contributed by atoms with Crippen molar-refractivity contribution in [1.29, 1.82) is 0 Å². The maximum absolute atomic E-state index is 12.9. The van der Waals surface area contributed by atoms with Crippen molar-refractivity contribution in [2.45, 2.75) is 51.1 Å². The van der Waals surface area contributed by atoms with Gasteiger partial charge in [0.15, 0.2) is 0 Å². The number of ketones is 2. The fraction of sp³-hybridized carbons (Fsp3) is 0.733. The molecule has 21 heavy (non-hydrogen) atoms. The number of alkyl halides is 3. The zero-order valence-electron chi connectivity index (χ0n) is 11.8. The third-order valence-electron chi connectivity index (χ3n) is 5.07. The van der Waals surface area contributed by atoms with Gasteiger partial charge in [-0.05, 0) is 19.3 Å². The van der Waals surface area contributed by atoms with Crippen molar-refractivity contribution in [3.8, 4) is 0 Å². The monoisotopic (exact) mass is 301 g/mol. The Morgan fingerprint density at radius 3 is 2.19 bits per heavy atom. The maximum Gasteiger partial charge on any atom is 0.454 e.